The van der Waals surface area contributed by atoms with Gasteiger partial charge in [-0.2, -0.15) is 12.6 Å². The molecule has 0 bridgehead atoms. The molecule has 1 N–H and O–H groups in total. The van der Waals surface area contributed by atoms with E-state index in [9.17, 15) is 0 Å². The fraction of sp³-hybridized carbons (Fsp3) is 0.286. The first-order valence-corrected chi connectivity index (χ1v) is 3.55. The number of pyridine rings is 1. The second-order valence-corrected chi connectivity index (χ2v) is 2.90. The van der Waals surface area contributed by atoms with E-state index in [0.29, 0.717) is 0 Å². The standard InChI is InChI=1S/C7H9NOS/c1-5(10)6-2-3-7(9)8-4-6/h2-5,10H,1H3,(H,8,9). The van der Waals surface area contributed by atoms with Crippen LogP contribution >= 0.6 is 12.6 Å². The average molecular weight is 155 g/mol. The molecule has 0 aliphatic carbocycles. The lowest BCUT2D eigenvalue weighted by Crippen LogP contribution is -1.84. The third kappa shape index (κ3) is 1.64. The maximum atomic E-state index is 8.80. The number of aromatic nitrogens is 1. The van der Waals surface area contributed by atoms with Gasteiger partial charge in [-0.1, -0.05) is 6.07 Å². The van der Waals surface area contributed by atoms with Gasteiger partial charge in [0, 0.05) is 17.5 Å². The molecule has 10 heavy (non-hydrogen) atoms. The average Bonchev–Trinajstić information content (AvgIpc) is 1.88. The van der Waals surface area contributed by atoms with Gasteiger partial charge in [-0.05, 0) is 12.5 Å². The van der Waals surface area contributed by atoms with Crippen molar-refractivity contribution >= 4 is 12.6 Å². The third-order valence-electron chi connectivity index (χ3n) is 1.25. The van der Waals surface area contributed by atoms with E-state index in [1.54, 1.807) is 18.3 Å². The Labute approximate surface area is 65.3 Å². The van der Waals surface area contributed by atoms with E-state index >= 15 is 0 Å². The van der Waals surface area contributed by atoms with Gasteiger partial charge in [0.2, 0.25) is 5.88 Å². The number of nitrogens with zero attached hydrogens (tertiary/aromatic N) is 1. The number of hydrogen-bond acceptors (Lipinski definition) is 3. The van der Waals surface area contributed by atoms with Gasteiger partial charge in [0.05, 0.1) is 0 Å². The highest BCUT2D eigenvalue weighted by molar-refractivity contribution is 7.80. The Kier molecular flexibility index (Phi) is 2.17. The topological polar surface area (TPSA) is 33.1 Å². The van der Waals surface area contributed by atoms with Crippen molar-refractivity contribution in [3.8, 4) is 5.88 Å². The van der Waals surface area contributed by atoms with Gasteiger partial charge in [0.1, 0.15) is 0 Å². The van der Waals surface area contributed by atoms with Gasteiger partial charge in [-0.3, -0.25) is 0 Å². The highest BCUT2D eigenvalue weighted by Gasteiger charge is 1.98. The van der Waals surface area contributed by atoms with E-state index in [1.807, 2.05) is 6.92 Å². The summed E-state index contributed by atoms with van der Waals surface area (Å²) in [6, 6.07) is 3.36. The second kappa shape index (κ2) is 2.92. The van der Waals surface area contributed by atoms with E-state index in [4.69, 9.17) is 5.11 Å². The van der Waals surface area contributed by atoms with Crippen molar-refractivity contribution in [2.75, 3.05) is 0 Å². The van der Waals surface area contributed by atoms with E-state index in [1.165, 1.54) is 0 Å². The molecule has 2 nitrogen and oxygen atoms in total. The highest BCUT2D eigenvalue weighted by atomic mass is 32.1. The van der Waals surface area contributed by atoms with E-state index < -0.39 is 0 Å². The minimum Gasteiger partial charge on any atom is -0.493 e. The molecule has 1 aromatic heterocycles. The minimum atomic E-state index is 0.0535. The largest absolute Gasteiger partial charge is 0.493 e. The minimum absolute atomic E-state index is 0.0535. The zero-order valence-corrected chi connectivity index (χ0v) is 6.55. The summed E-state index contributed by atoms with van der Waals surface area (Å²) >= 11 is 4.20. The molecule has 1 rings (SSSR count). The highest BCUT2D eigenvalue weighted by Crippen LogP contribution is 2.18. The Hall–Kier alpha value is -0.700. The van der Waals surface area contributed by atoms with Crippen LogP contribution in [0.25, 0.3) is 0 Å². The number of rotatable bonds is 1. The Morgan fingerprint density at radius 2 is 2.30 bits per heavy atom. The van der Waals surface area contributed by atoms with Gasteiger partial charge >= 0.3 is 0 Å². The summed E-state index contributed by atoms with van der Waals surface area (Å²) in [6.07, 6.45) is 1.62. The van der Waals surface area contributed by atoms with Crippen molar-refractivity contribution in [1.29, 1.82) is 0 Å². The van der Waals surface area contributed by atoms with Gasteiger partial charge in [0.25, 0.3) is 0 Å². The lowest BCUT2D eigenvalue weighted by atomic mass is 10.2. The SMILES string of the molecule is CC(S)c1ccc(O)nc1. The summed E-state index contributed by atoms with van der Waals surface area (Å²) in [4.78, 5) is 3.71. The Morgan fingerprint density at radius 1 is 1.60 bits per heavy atom. The third-order valence-corrected chi connectivity index (χ3v) is 1.55. The van der Waals surface area contributed by atoms with Crippen LogP contribution in [0.5, 0.6) is 5.88 Å². The summed E-state index contributed by atoms with van der Waals surface area (Å²) in [5.41, 5.74) is 1.01. The molecular formula is C7H9NOS. The zero-order valence-electron chi connectivity index (χ0n) is 5.65. The van der Waals surface area contributed by atoms with Crippen molar-refractivity contribution in [1.82, 2.24) is 4.98 Å². The second-order valence-electron chi connectivity index (χ2n) is 2.13. The smallest absolute Gasteiger partial charge is 0.210 e. The molecular weight excluding hydrogens is 146 g/mol. The first-order chi connectivity index (χ1) is 4.70. The van der Waals surface area contributed by atoms with Crippen molar-refractivity contribution in [3.05, 3.63) is 23.9 Å². The summed E-state index contributed by atoms with van der Waals surface area (Å²) < 4.78 is 0. The van der Waals surface area contributed by atoms with Crippen molar-refractivity contribution in [2.45, 2.75) is 12.2 Å². The number of hydrogen-bond donors (Lipinski definition) is 2. The molecule has 0 fully saturated rings. The molecule has 0 radical (unpaired) electrons. The molecule has 0 saturated carbocycles. The molecule has 54 valence electrons. The lowest BCUT2D eigenvalue weighted by Gasteiger charge is -2.01. The fourth-order valence-corrected chi connectivity index (χ4v) is 0.797. The van der Waals surface area contributed by atoms with Crippen molar-refractivity contribution in [3.63, 3.8) is 0 Å². The molecule has 0 aromatic carbocycles. The van der Waals surface area contributed by atoms with E-state index in [0.717, 1.165) is 5.56 Å². The molecule has 0 amide bonds. The van der Waals surface area contributed by atoms with Crippen LogP contribution in [0.2, 0.25) is 0 Å². The van der Waals surface area contributed by atoms with Crippen LogP contribution in [0.3, 0.4) is 0 Å². The summed E-state index contributed by atoms with van der Waals surface area (Å²) in [7, 11) is 0. The zero-order chi connectivity index (χ0) is 7.56. The molecule has 0 saturated heterocycles. The maximum absolute atomic E-state index is 8.80. The van der Waals surface area contributed by atoms with Crippen LogP contribution < -0.4 is 0 Å². The molecule has 0 spiro atoms. The summed E-state index contributed by atoms with van der Waals surface area (Å²) in [6.45, 7) is 1.96. The van der Waals surface area contributed by atoms with Crippen LogP contribution in [-0.2, 0) is 0 Å². The molecule has 0 aliphatic rings. The molecule has 3 heteroatoms. The Bertz CT molecular complexity index is 207. The number of aromatic hydroxyl groups is 1. The normalized spacial score (nSPS) is 13.0. The van der Waals surface area contributed by atoms with Crippen LogP contribution in [0, 0.1) is 0 Å². The van der Waals surface area contributed by atoms with Crippen LogP contribution in [0.15, 0.2) is 18.3 Å². The Balaban J connectivity index is 2.89. The van der Waals surface area contributed by atoms with Gasteiger partial charge in [-0.15, -0.1) is 0 Å². The summed E-state index contributed by atoms with van der Waals surface area (Å²) in [5.74, 6) is 0.0535. The molecule has 1 atom stereocenters. The quantitative estimate of drug-likeness (QED) is 0.606. The fourth-order valence-electron chi connectivity index (χ4n) is 0.645. The first kappa shape index (κ1) is 7.41. The summed E-state index contributed by atoms with van der Waals surface area (Å²) in [5, 5.41) is 8.98. The molecule has 1 aromatic rings. The van der Waals surface area contributed by atoms with E-state index in [2.05, 4.69) is 17.6 Å². The van der Waals surface area contributed by atoms with Crippen LogP contribution in [0.1, 0.15) is 17.7 Å². The van der Waals surface area contributed by atoms with Gasteiger partial charge in [-0.25, -0.2) is 4.98 Å². The molecule has 0 aliphatic heterocycles. The lowest BCUT2D eigenvalue weighted by molar-refractivity contribution is 0.453. The van der Waals surface area contributed by atoms with Crippen molar-refractivity contribution in [2.24, 2.45) is 0 Å². The Morgan fingerprint density at radius 3 is 2.70 bits per heavy atom. The maximum Gasteiger partial charge on any atom is 0.210 e. The predicted molar refractivity (Wildman–Crippen MR) is 43.3 cm³/mol. The number of thiol groups is 1. The molecule has 1 unspecified atom stereocenters. The van der Waals surface area contributed by atoms with Crippen LogP contribution in [0.4, 0.5) is 0 Å². The first-order valence-electron chi connectivity index (χ1n) is 3.03. The van der Waals surface area contributed by atoms with Crippen molar-refractivity contribution < 1.29 is 5.11 Å². The predicted octanol–water partition coefficient (Wildman–Crippen LogP) is 1.78. The van der Waals surface area contributed by atoms with Crippen LogP contribution in [-0.4, -0.2) is 10.1 Å². The molecule has 1 heterocycles. The van der Waals surface area contributed by atoms with E-state index in [-0.39, 0.29) is 11.1 Å². The van der Waals surface area contributed by atoms with Gasteiger partial charge in [0.15, 0.2) is 0 Å². The van der Waals surface area contributed by atoms with Gasteiger partial charge < -0.3 is 5.11 Å². The monoisotopic (exact) mass is 155 g/mol.